The van der Waals surface area contributed by atoms with Gasteiger partial charge in [0.05, 0.1) is 19.3 Å². The fraction of sp³-hybridized carbons (Fsp3) is 0.733. The molecule has 0 aromatic carbocycles. The summed E-state index contributed by atoms with van der Waals surface area (Å²) >= 11 is 0. The maximum Gasteiger partial charge on any atom is 0.134 e. The Hall–Kier alpha value is -1.36. The second-order valence-corrected chi connectivity index (χ2v) is 5.32. The molecule has 0 amide bonds. The third kappa shape index (κ3) is 3.82. The predicted molar refractivity (Wildman–Crippen MR) is 82.4 cm³/mol. The van der Waals surface area contributed by atoms with Crippen molar-refractivity contribution in [1.82, 2.24) is 9.97 Å². The summed E-state index contributed by atoms with van der Waals surface area (Å²) < 4.78 is 5.51. The topological polar surface area (TPSA) is 50.3 Å². The van der Waals surface area contributed by atoms with Gasteiger partial charge in [0.1, 0.15) is 17.5 Å². The standard InChI is InChI=1S/C15H26N4O/c1-4-6-13-17-14(16-7-5-2)10-15(18-13)19-8-9-20-11-12(19)3/h10,12H,4-9,11H2,1-3H3,(H,16,17,18). The molecule has 112 valence electrons. The molecule has 1 aromatic heterocycles. The highest BCUT2D eigenvalue weighted by Gasteiger charge is 2.21. The van der Waals surface area contributed by atoms with Crippen molar-refractivity contribution in [3.05, 3.63) is 11.9 Å². The zero-order chi connectivity index (χ0) is 14.4. The van der Waals surface area contributed by atoms with Crippen molar-refractivity contribution in [2.45, 2.75) is 46.1 Å². The fourth-order valence-corrected chi connectivity index (χ4v) is 2.38. The molecule has 1 fully saturated rings. The Balaban J connectivity index is 2.22. The summed E-state index contributed by atoms with van der Waals surface area (Å²) in [6, 6.07) is 2.43. The summed E-state index contributed by atoms with van der Waals surface area (Å²) in [6.45, 7) is 9.89. The molecule has 1 saturated heterocycles. The Morgan fingerprint density at radius 2 is 2.20 bits per heavy atom. The van der Waals surface area contributed by atoms with Crippen LogP contribution in [0.25, 0.3) is 0 Å². The minimum Gasteiger partial charge on any atom is -0.377 e. The van der Waals surface area contributed by atoms with Crippen LogP contribution in [0.4, 0.5) is 11.6 Å². The molecular formula is C15H26N4O. The van der Waals surface area contributed by atoms with Gasteiger partial charge in [-0.2, -0.15) is 0 Å². The van der Waals surface area contributed by atoms with Crippen molar-refractivity contribution in [2.75, 3.05) is 36.5 Å². The molecule has 0 spiro atoms. The van der Waals surface area contributed by atoms with Crippen molar-refractivity contribution in [3.8, 4) is 0 Å². The molecule has 1 atom stereocenters. The lowest BCUT2D eigenvalue weighted by atomic mass is 10.2. The normalized spacial score (nSPS) is 19.1. The molecule has 0 bridgehead atoms. The molecule has 20 heavy (non-hydrogen) atoms. The van der Waals surface area contributed by atoms with E-state index < -0.39 is 0 Å². The minimum atomic E-state index is 0.368. The predicted octanol–water partition coefficient (Wildman–Crippen LogP) is 2.48. The first-order valence-electron chi connectivity index (χ1n) is 7.70. The lowest BCUT2D eigenvalue weighted by molar-refractivity contribution is 0.0985. The van der Waals surface area contributed by atoms with Gasteiger partial charge < -0.3 is 15.0 Å². The zero-order valence-electron chi connectivity index (χ0n) is 12.9. The summed E-state index contributed by atoms with van der Waals surface area (Å²) in [7, 11) is 0. The van der Waals surface area contributed by atoms with Gasteiger partial charge in [-0.25, -0.2) is 9.97 Å². The van der Waals surface area contributed by atoms with Crippen LogP contribution in [0, 0.1) is 0 Å². The van der Waals surface area contributed by atoms with Crippen molar-refractivity contribution in [2.24, 2.45) is 0 Å². The van der Waals surface area contributed by atoms with Crippen LogP contribution in [0.5, 0.6) is 0 Å². The van der Waals surface area contributed by atoms with Gasteiger partial charge in [-0.1, -0.05) is 13.8 Å². The fourth-order valence-electron chi connectivity index (χ4n) is 2.38. The van der Waals surface area contributed by atoms with Crippen molar-refractivity contribution >= 4 is 11.6 Å². The van der Waals surface area contributed by atoms with Gasteiger partial charge >= 0.3 is 0 Å². The molecule has 0 aliphatic carbocycles. The maximum absolute atomic E-state index is 5.51. The number of ether oxygens (including phenoxy) is 1. The molecule has 1 aliphatic heterocycles. The number of hydrogen-bond donors (Lipinski definition) is 1. The summed E-state index contributed by atoms with van der Waals surface area (Å²) in [5.74, 6) is 2.90. The average molecular weight is 278 g/mol. The van der Waals surface area contributed by atoms with Crippen molar-refractivity contribution in [1.29, 1.82) is 0 Å². The molecule has 0 radical (unpaired) electrons. The Bertz CT molecular complexity index is 424. The second kappa shape index (κ2) is 7.43. The third-order valence-electron chi connectivity index (χ3n) is 3.45. The maximum atomic E-state index is 5.51. The highest BCUT2D eigenvalue weighted by molar-refractivity contribution is 5.50. The van der Waals surface area contributed by atoms with E-state index in [1.165, 1.54) is 0 Å². The Morgan fingerprint density at radius 1 is 1.35 bits per heavy atom. The van der Waals surface area contributed by atoms with Crippen LogP contribution in [-0.2, 0) is 11.2 Å². The number of nitrogens with zero attached hydrogens (tertiary/aromatic N) is 3. The van der Waals surface area contributed by atoms with Crippen LogP contribution in [0.1, 0.15) is 39.4 Å². The van der Waals surface area contributed by atoms with E-state index in [9.17, 15) is 0 Å². The molecule has 5 nitrogen and oxygen atoms in total. The van der Waals surface area contributed by atoms with Crippen molar-refractivity contribution in [3.63, 3.8) is 0 Å². The summed E-state index contributed by atoms with van der Waals surface area (Å²) in [5, 5.41) is 3.38. The highest BCUT2D eigenvalue weighted by Crippen LogP contribution is 2.21. The molecular weight excluding hydrogens is 252 g/mol. The summed E-state index contributed by atoms with van der Waals surface area (Å²) in [4.78, 5) is 11.6. The second-order valence-electron chi connectivity index (χ2n) is 5.32. The van der Waals surface area contributed by atoms with Gasteiger partial charge in [-0.05, 0) is 19.8 Å². The number of aromatic nitrogens is 2. The van der Waals surface area contributed by atoms with Crippen LogP contribution >= 0.6 is 0 Å². The van der Waals surface area contributed by atoms with E-state index >= 15 is 0 Å². The number of anilines is 2. The van der Waals surface area contributed by atoms with Gasteiger partial charge in [0.2, 0.25) is 0 Å². The van der Waals surface area contributed by atoms with E-state index in [0.29, 0.717) is 6.04 Å². The van der Waals surface area contributed by atoms with E-state index in [-0.39, 0.29) is 0 Å². The summed E-state index contributed by atoms with van der Waals surface area (Å²) in [6.07, 6.45) is 3.08. The van der Waals surface area contributed by atoms with Crippen molar-refractivity contribution < 1.29 is 4.74 Å². The molecule has 2 heterocycles. The van der Waals surface area contributed by atoms with E-state index in [0.717, 1.165) is 63.0 Å². The lowest BCUT2D eigenvalue weighted by Crippen LogP contribution is -2.44. The Morgan fingerprint density at radius 3 is 2.90 bits per heavy atom. The van der Waals surface area contributed by atoms with E-state index in [2.05, 4.69) is 42.0 Å². The number of rotatable bonds is 6. The number of nitrogens with one attached hydrogen (secondary N) is 1. The monoisotopic (exact) mass is 278 g/mol. The lowest BCUT2D eigenvalue weighted by Gasteiger charge is -2.34. The van der Waals surface area contributed by atoms with E-state index in [1.54, 1.807) is 0 Å². The molecule has 0 saturated carbocycles. The quantitative estimate of drug-likeness (QED) is 0.866. The number of morpholine rings is 1. The van der Waals surface area contributed by atoms with Gasteiger partial charge in [0, 0.05) is 25.6 Å². The Labute approximate surface area is 121 Å². The third-order valence-corrected chi connectivity index (χ3v) is 3.45. The van der Waals surface area contributed by atoms with E-state index in [1.807, 2.05) is 0 Å². The molecule has 1 unspecified atom stereocenters. The van der Waals surface area contributed by atoms with Crippen LogP contribution in [0.15, 0.2) is 6.07 Å². The van der Waals surface area contributed by atoms with Gasteiger partial charge in [-0.3, -0.25) is 0 Å². The minimum absolute atomic E-state index is 0.368. The average Bonchev–Trinajstić information content (AvgIpc) is 2.46. The molecule has 5 heteroatoms. The molecule has 1 N–H and O–H groups in total. The van der Waals surface area contributed by atoms with Gasteiger partial charge in [-0.15, -0.1) is 0 Å². The van der Waals surface area contributed by atoms with Gasteiger partial charge in [0.25, 0.3) is 0 Å². The first-order valence-corrected chi connectivity index (χ1v) is 7.70. The molecule has 1 aromatic rings. The van der Waals surface area contributed by atoms with Gasteiger partial charge in [0.15, 0.2) is 0 Å². The smallest absolute Gasteiger partial charge is 0.134 e. The Kier molecular flexibility index (Phi) is 5.59. The van der Waals surface area contributed by atoms with Crippen LogP contribution < -0.4 is 10.2 Å². The molecule has 1 aliphatic rings. The first kappa shape index (κ1) is 15.0. The highest BCUT2D eigenvalue weighted by atomic mass is 16.5. The van der Waals surface area contributed by atoms with E-state index in [4.69, 9.17) is 9.72 Å². The largest absolute Gasteiger partial charge is 0.377 e. The van der Waals surface area contributed by atoms with Crippen LogP contribution in [0.2, 0.25) is 0 Å². The number of hydrogen-bond acceptors (Lipinski definition) is 5. The zero-order valence-corrected chi connectivity index (χ0v) is 12.9. The SMILES string of the molecule is CCCNc1cc(N2CCOCC2C)nc(CCC)n1. The first-order chi connectivity index (χ1) is 9.74. The number of aryl methyl sites for hydroxylation is 1. The summed E-state index contributed by atoms with van der Waals surface area (Å²) in [5.41, 5.74) is 0. The van der Waals surface area contributed by atoms with Crippen LogP contribution in [-0.4, -0.2) is 42.3 Å². The molecule has 2 rings (SSSR count). The van der Waals surface area contributed by atoms with Crippen LogP contribution in [0.3, 0.4) is 0 Å².